The van der Waals surface area contributed by atoms with Crippen LogP contribution in [0.1, 0.15) is 36.5 Å². The van der Waals surface area contributed by atoms with Gasteiger partial charge in [0.15, 0.2) is 0 Å². The summed E-state index contributed by atoms with van der Waals surface area (Å²) in [5.74, 6) is 0.752. The predicted molar refractivity (Wildman–Crippen MR) is 79.9 cm³/mol. The molecule has 1 amide bonds. The van der Waals surface area contributed by atoms with Crippen LogP contribution in [0.3, 0.4) is 0 Å². The van der Waals surface area contributed by atoms with Crippen LogP contribution in [-0.4, -0.2) is 30.9 Å². The van der Waals surface area contributed by atoms with Crippen molar-refractivity contribution in [2.45, 2.75) is 26.2 Å². The van der Waals surface area contributed by atoms with Gasteiger partial charge in [-0.3, -0.25) is 4.79 Å². The molecule has 2 rings (SSSR count). The first-order valence-corrected chi connectivity index (χ1v) is 7.30. The molecular weight excluding hydrogens is 260 g/mol. The maximum Gasteiger partial charge on any atom is 0.256 e. The highest BCUT2D eigenvalue weighted by molar-refractivity contribution is 6.31. The van der Waals surface area contributed by atoms with Crippen molar-refractivity contribution in [3.8, 4) is 0 Å². The molecule has 1 fully saturated rings. The molecule has 3 nitrogen and oxygen atoms in total. The van der Waals surface area contributed by atoms with E-state index >= 15 is 0 Å². The molecule has 0 bridgehead atoms. The summed E-state index contributed by atoms with van der Waals surface area (Å²) in [6.07, 6.45) is 3.80. The Hall–Kier alpha value is -1.22. The first kappa shape index (κ1) is 14.2. The molecule has 104 valence electrons. The van der Waals surface area contributed by atoms with Crippen LogP contribution in [0.25, 0.3) is 0 Å². The molecular formula is C15H21ClN2O. The van der Waals surface area contributed by atoms with Gasteiger partial charge < -0.3 is 10.2 Å². The van der Waals surface area contributed by atoms with Gasteiger partial charge in [0.05, 0.1) is 5.56 Å². The summed E-state index contributed by atoms with van der Waals surface area (Å²) >= 11 is 6.01. The molecule has 0 unspecified atom stereocenters. The third-order valence-electron chi connectivity index (χ3n) is 3.85. The van der Waals surface area contributed by atoms with E-state index in [1.807, 2.05) is 24.9 Å². The van der Waals surface area contributed by atoms with Crippen LogP contribution in [0.2, 0.25) is 5.02 Å². The van der Waals surface area contributed by atoms with Gasteiger partial charge in [-0.25, -0.2) is 0 Å². The van der Waals surface area contributed by atoms with E-state index in [0.29, 0.717) is 16.5 Å². The number of benzene rings is 1. The molecule has 1 aromatic rings. The maximum absolute atomic E-state index is 12.6. The number of hydrogen-bond donors (Lipinski definition) is 1. The number of carbonyl (C=O) groups excluding carboxylic acids is 1. The van der Waals surface area contributed by atoms with Crippen molar-refractivity contribution in [3.63, 3.8) is 0 Å². The highest BCUT2D eigenvalue weighted by atomic mass is 35.5. The maximum atomic E-state index is 12.6. The molecule has 1 aliphatic rings. The molecule has 0 aliphatic heterocycles. The molecule has 0 radical (unpaired) electrons. The van der Waals surface area contributed by atoms with E-state index in [-0.39, 0.29) is 5.91 Å². The number of hydrogen-bond acceptors (Lipinski definition) is 2. The fourth-order valence-electron chi connectivity index (χ4n) is 2.42. The second-order valence-corrected chi connectivity index (χ2v) is 5.52. The Balaban J connectivity index is 2.17. The molecule has 19 heavy (non-hydrogen) atoms. The number of amides is 1. The third-order valence-corrected chi connectivity index (χ3v) is 4.09. The summed E-state index contributed by atoms with van der Waals surface area (Å²) in [6.45, 7) is 3.64. The fourth-order valence-corrected chi connectivity index (χ4v) is 2.60. The van der Waals surface area contributed by atoms with Crippen molar-refractivity contribution < 1.29 is 4.79 Å². The molecule has 0 saturated heterocycles. The SMILES string of the molecule is CCN(CC1CCC1)C(=O)c1cc(Cl)ccc1NC. The molecule has 0 aromatic heterocycles. The summed E-state index contributed by atoms with van der Waals surface area (Å²) in [5, 5.41) is 3.66. The van der Waals surface area contributed by atoms with Crippen molar-refractivity contribution in [1.29, 1.82) is 0 Å². The van der Waals surface area contributed by atoms with Crippen LogP contribution in [0, 0.1) is 5.92 Å². The lowest BCUT2D eigenvalue weighted by Gasteiger charge is -2.32. The lowest BCUT2D eigenvalue weighted by molar-refractivity contribution is 0.0707. The van der Waals surface area contributed by atoms with Gasteiger partial charge in [0.2, 0.25) is 0 Å². The van der Waals surface area contributed by atoms with Crippen LogP contribution in [0.15, 0.2) is 18.2 Å². The zero-order chi connectivity index (χ0) is 13.8. The van der Waals surface area contributed by atoms with Crippen LogP contribution < -0.4 is 5.32 Å². The van der Waals surface area contributed by atoms with E-state index in [1.54, 1.807) is 12.1 Å². The van der Waals surface area contributed by atoms with Crippen molar-refractivity contribution in [2.75, 3.05) is 25.5 Å². The second-order valence-electron chi connectivity index (χ2n) is 5.08. The Morgan fingerprint density at radius 3 is 2.74 bits per heavy atom. The zero-order valence-electron chi connectivity index (χ0n) is 11.6. The van der Waals surface area contributed by atoms with E-state index < -0.39 is 0 Å². The van der Waals surface area contributed by atoms with Gasteiger partial charge in [-0.1, -0.05) is 18.0 Å². The minimum absolute atomic E-state index is 0.0706. The van der Waals surface area contributed by atoms with Crippen molar-refractivity contribution >= 4 is 23.2 Å². The highest BCUT2D eigenvalue weighted by Gasteiger charge is 2.24. The predicted octanol–water partition coefficient (Wildman–Crippen LogP) is 3.64. The summed E-state index contributed by atoms with van der Waals surface area (Å²) in [7, 11) is 1.82. The molecule has 0 heterocycles. The number of rotatable bonds is 5. The van der Waals surface area contributed by atoms with Crippen LogP contribution in [-0.2, 0) is 0 Å². The van der Waals surface area contributed by atoms with Gasteiger partial charge in [0, 0.05) is 30.8 Å². The Morgan fingerprint density at radius 2 is 2.21 bits per heavy atom. The molecule has 0 atom stereocenters. The number of carbonyl (C=O) groups is 1. The molecule has 1 aliphatic carbocycles. The Bertz CT molecular complexity index is 457. The van der Waals surface area contributed by atoms with E-state index in [4.69, 9.17) is 11.6 Å². The first-order valence-electron chi connectivity index (χ1n) is 6.92. The summed E-state index contributed by atoms with van der Waals surface area (Å²) in [5.41, 5.74) is 1.50. The van der Waals surface area contributed by atoms with E-state index in [0.717, 1.165) is 18.8 Å². The molecule has 1 N–H and O–H groups in total. The summed E-state index contributed by atoms with van der Waals surface area (Å²) in [6, 6.07) is 5.40. The van der Waals surface area contributed by atoms with Crippen molar-refractivity contribution in [2.24, 2.45) is 5.92 Å². The van der Waals surface area contributed by atoms with Gasteiger partial charge in [-0.2, -0.15) is 0 Å². The quantitative estimate of drug-likeness (QED) is 0.893. The van der Waals surface area contributed by atoms with Crippen molar-refractivity contribution in [1.82, 2.24) is 4.90 Å². The van der Waals surface area contributed by atoms with E-state index in [1.165, 1.54) is 19.3 Å². The second kappa shape index (κ2) is 6.29. The van der Waals surface area contributed by atoms with E-state index in [9.17, 15) is 4.79 Å². The number of nitrogens with one attached hydrogen (secondary N) is 1. The average molecular weight is 281 g/mol. The normalized spacial score (nSPS) is 14.9. The number of nitrogens with zero attached hydrogens (tertiary/aromatic N) is 1. The van der Waals surface area contributed by atoms with Gasteiger partial charge in [0.25, 0.3) is 5.91 Å². The Kier molecular flexibility index (Phi) is 4.70. The highest BCUT2D eigenvalue weighted by Crippen LogP contribution is 2.28. The molecule has 1 aromatic carbocycles. The topological polar surface area (TPSA) is 32.3 Å². The van der Waals surface area contributed by atoms with Gasteiger partial charge in [0.1, 0.15) is 0 Å². The fraction of sp³-hybridized carbons (Fsp3) is 0.533. The van der Waals surface area contributed by atoms with Gasteiger partial charge in [-0.15, -0.1) is 0 Å². The Labute approximate surface area is 119 Å². The van der Waals surface area contributed by atoms with Crippen LogP contribution >= 0.6 is 11.6 Å². The Morgan fingerprint density at radius 1 is 1.47 bits per heavy atom. The third kappa shape index (κ3) is 3.21. The van der Waals surface area contributed by atoms with Gasteiger partial charge >= 0.3 is 0 Å². The number of anilines is 1. The minimum atomic E-state index is 0.0706. The largest absolute Gasteiger partial charge is 0.387 e. The van der Waals surface area contributed by atoms with Crippen molar-refractivity contribution in [3.05, 3.63) is 28.8 Å². The number of halogens is 1. The zero-order valence-corrected chi connectivity index (χ0v) is 12.3. The van der Waals surface area contributed by atoms with Crippen LogP contribution in [0.4, 0.5) is 5.69 Å². The molecule has 1 saturated carbocycles. The molecule has 4 heteroatoms. The minimum Gasteiger partial charge on any atom is -0.387 e. The van der Waals surface area contributed by atoms with Gasteiger partial charge in [-0.05, 0) is 43.9 Å². The van der Waals surface area contributed by atoms with Crippen LogP contribution in [0.5, 0.6) is 0 Å². The standard InChI is InChI=1S/C15H21ClN2O/c1-3-18(10-11-5-4-6-11)15(19)13-9-12(16)7-8-14(13)17-2/h7-9,11,17H,3-6,10H2,1-2H3. The first-order chi connectivity index (χ1) is 9.15. The monoisotopic (exact) mass is 280 g/mol. The molecule has 0 spiro atoms. The van der Waals surface area contributed by atoms with E-state index in [2.05, 4.69) is 5.32 Å². The average Bonchev–Trinajstić information content (AvgIpc) is 2.37. The lowest BCUT2D eigenvalue weighted by atomic mass is 9.85. The summed E-state index contributed by atoms with van der Waals surface area (Å²) < 4.78 is 0. The summed E-state index contributed by atoms with van der Waals surface area (Å²) in [4.78, 5) is 14.5. The smallest absolute Gasteiger partial charge is 0.256 e. The lowest BCUT2D eigenvalue weighted by Crippen LogP contribution is -2.37.